The van der Waals surface area contributed by atoms with Gasteiger partial charge in [-0.2, -0.15) is 0 Å². The number of ketones is 2. The minimum absolute atomic E-state index is 0.0390. The van der Waals surface area contributed by atoms with Gasteiger partial charge in [0.2, 0.25) is 0 Å². The van der Waals surface area contributed by atoms with Crippen LogP contribution in [-0.2, 0) is 4.74 Å². The lowest BCUT2D eigenvalue weighted by atomic mass is 9.77. The predicted octanol–water partition coefficient (Wildman–Crippen LogP) is 4.56. The Kier molecular flexibility index (Phi) is 4.14. The summed E-state index contributed by atoms with van der Waals surface area (Å²) in [5.41, 5.74) is 4.48. The molecule has 2 aliphatic heterocycles. The molecule has 3 aromatic carbocycles. The highest BCUT2D eigenvalue weighted by molar-refractivity contribution is 6.33. The number of aliphatic hydroxyl groups is 1. The van der Waals surface area contributed by atoms with E-state index in [0.29, 0.717) is 27.9 Å². The SMILES string of the molecule is Cc1ccc2c3c(ccc2c1)C(=O)c1c(ccc2c1NC1CC2O[C@@H](C)[C@H](O)[C@@H]1C)C3=O. The molecule has 0 amide bonds. The Morgan fingerprint density at radius 3 is 2.50 bits per heavy atom. The van der Waals surface area contributed by atoms with Gasteiger partial charge < -0.3 is 15.2 Å². The first-order valence-electron chi connectivity index (χ1n) is 11.2. The van der Waals surface area contributed by atoms with Crippen LogP contribution in [-0.4, -0.2) is 34.9 Å². The maximum atomic E-state index is 13.8. The topological polar surface area (TPSA) is 75.6 Å². The van der Waals surface area contributed by atoms with E-state index in [-0.39, 0.29) is 35.7 Å². The van der Waals surface area contributed by atoms with Crippen molar-refractivity contribution < 1.29 is 19.4 Å². The average molecular weight is 428 g/mol. The van der Waals surface area contributed by atoms with Crippen molar-refractivity contribution in [3.05, 3.63) is 75.8 Å². The lowest BCUT2D eigenvalue weighted by Gasteiger charge is -2.35. The van der Waals surface area contributed by atoms with Crippen LogP contribution in [0.3, 0.4) is 0 Å². The molecule has 0 aromatic heterocycles. The lowest BCUT2D eigenvalue weighted by Crippen LogP contribution is -2.39. The van der Waals surface area contributed by atoms with Gasteiger partial charge in [-0.05, 0) is 43.2 Å². The predicted molar refractivity (Wildman–Crippen MR) is 122 cm³/mol. The van der Waals surface area contributed by atoms with E-state index in [1.807, 2.05) is 51.1 Å². The largest absolute Gasteiger partial charge is 0.390 e. The molecule has 1 saturated heterocycles. The van der Waals surface area contributed by atoms with Crippen LogP contribution in [0.2, 0.25) is 0 Å². The molecule has 32 heavy (non-hydrogen) atoms. The fourth-order valence-corrected chi connectivity index (χ4v) is 5.70. The maximum absolute atomic E-state index is 13.8. The molecule has 0 spiro atoms. The minimum atomic E-state index is -0.601. The third-order valence-corrected chi connectivity index (χ3v) is 7.53. The molecule has 5 heteroatoms. The third-order valence-electron chi connectivity index (χ3n) is 7.53. The van der Waals surface area contributed by atoms with E-state index in [4.69, 9.17) is 4.74 Å². The number of hydrogen-bond donors (Lipinski definition) is 2. The van der Waals surface area contributed by atoms with Crippen molar-refractivity contribution in [1.29, 1.82) is 0 Å². The monoisotopic (exact) mass is 427 g/mol. The number of hydrogen-bond acceptors (Lipinski definition) is 5. The van der Waals surface area contributed by atoms with Gasteiger partial charge in [0.15, 0.2) is 11.6 Å². The summed E-state index contributed by atoms with van der Waals surface area (Å²) in [5.74, 6) is -0.307. The van der Waals surface area contributed by atoms with Gasteiger partial charge in [-0.3, -0.25) is 9.59 Å². The normalized spacial score (nSPS) is 28.4. The second-order valence-corrected chi connectivity index (χ2v) is 9.49. The Balaban J connectivity index is 1.55. The molecule has 2 heterocycles. The number of fused-ring (bicyclic) bond motifs is 9. The third kappa shape index (κ3) is 2.58. The van der Waals surface area contributed by atoms with Gasteiger partial charge in [0, 0.05) is 34.2 Å². The van der Waals surface area contributed by atoms with Gasteiger partial charge in [0.25, 0.3) is 0 Å². The number of rotatable bonds is 0. The van der Waals surface area contributed by atoms with Gasteiger partial charge in [-0.25, -0.2) is 0 Å². The number of nitrogens with one attached hydrogen (secondary N) is 1. The standard InChI is InChI=1S/C27H25NO4/c1-12-4-6-16-15(10-12)5-7-18-22(16)26(30)19-9-8-17-21-11-20(13(2)25(29)14(3)32-21)28-24(17)23(19)27(18)31/h4-10,13-14,20-21,25,28-29H,11H2,1-3H3/t13-,14+,20?,21?,25-/m1/s1. The summed E-state index contributed by atoms with van der Waals surface area (Å²) >= 11 is 0. The number of benzene rings is 3. The Morgan fingerprint density at radius 2 is 1.69 bits per heavy atom. The molecule has 6 rings (SSSR count). The lowest BCUT2D eigenvalue weighted by molar-refractivity contribution is -0.0651. The van der Waals surface area contributed by atoms with Crippen molar-refractivity contribution in [2.45, 2.75) is 51.5 Å². The molecule has 0 saturated carbocycles. The van der Waals surface area contributed by atoms with Crippen molar-refractivity contribution in [3.8, 4) is 0 Å². The van der Waals surface area contributed by atoms with Gasteiger partial charge in [-0.1, -0.05) is 42.8 Å². The van der Waals surface area contributed by atoms with Crippen LogP contribution in [0.15, 0.2) is 42.5 Å². The van der Waals surface area contributed by atoms with Crippen molar-refractivity contribution in [3.63, 3.8) is 0 Å². The first-order chi connectivity index (χ1) is 15.3. The summed E-state index contributed by atoms with van der Waals surface area (Å²) < 4.78 is 6.20. The molecular formula is C27H25NO4. The molecule has 2 unspecified atom stereocenters. The van der Waals surface area contributed by atoms with Crippen LogP contribution in [0.5, 0.6) is 0 Å². The van der Waals surface area contributed by atoms with E-state index in [9.17, 15) is 14.7 Å². The Hall–Kier alpha value is -3.02. The number of aryl methyl sites for hydroxylation is 1. The second-order valence-electron chi connectivity index (χ2n) is 9.49. The summed E-state index contributed by atoms with van der Waals surface area (Å²) in [6.07, 6.45) is -0.413. The fraction of sp³-hybridized carbons (Fsp3) is 0.333. The first-order valence-corrected chi connectivity index (χ1v) is 11.2. The molecule has 3 aromatic rings. The smallest absolute Gasteiger partial charge is 0.196 e. The van der Waals surface area contributed by atoms with Gasteiger partial charge in [0.05, 0.1) is 29.6 Å². The van der Waals surface area contributed by atoms with E-state index in [0.717, 1.165) is 28.3 Å². The van der Waals surface area contributed by atoms with Crippen LogP contribution in [0.25, 0.3) is 10.8 Å². The molecule has 1 aliphatic carbocycles. The zero-order valence-corrected chi connectivity index (χ0v) is 18.3. The van der Waals surface area contributed by atoms with E-state index >= 15 is 0 Å². The number of ether oxygens (including phenoxy) is 1. The van der Waals surface area contributed by atoms with E-state index < -0.39 is 6.10 Å². The minimum Gasteiger partial charge on any atom is -0.390 e. The highest BCUT2D eigenvalue weighted by Crippen LogP contribution is 2.46. The summed E-state index contributed by atoms with van der Waals surface area (Å²) in [6, 6.07) is 13.3. The van der Waals surface area contributed by atoms with E-state index in [1.54, 1.807) is 12.1 Å². The van der Waals surface area contributed by atoms with Crippen LogP contribution in [0.1, 0.15) is 69.3 Å². The Bertz CT molecular complexity index is 1330. The summed E-state index contributed by atoms with van der Waals surface area (Å²) in [4.78, 5) is 27.4. The molecule has 162 valence electrons. The molecule has 2 bridgehead atoms. The second kappa shape index (κ2) is 6.74. The highest BCUT2D eigenvalue weighted by atomic mass is 16.5. The number of aliphatic hydroxyl groups excluding tert-OH is 1. The quantitative estimate of drug-likeness (QED) is 0.430. The fourth-order valence-electron chi connectivity index (χ4n) is 5.70. The van der Waals surface area contributed by atoms with Crippen molar-refractivity contribution in [2.75, 3.05) is 5.32 Å². The average Bonchev–Trinajstić information content (AvgIpc) is 2.87. The molecule has 5 nitrogen and oxygen atoms in total. The zero-order chi connectivity index (χ0) is 22.3. The van der Waals surface area contributed by atoms with Gasteiger partial charge in [-0.15, -0.1) is 0 Å². The van der Waals surface area contributed by atoms with Gasteiger partial charge in [0.1, 0.15) is 0 Å². The molecular weight excluding hydrogens is 402 g/mol. The molecule has 5 atom stereocenters. The zero-order valence-electron chi connectivity index (χ0n) is 18.3. The Labute approximate surface area is 186 Å². The van der Waals surface area contributed by atoms with E-state index in [2.05, 4.69) is 5.32 Å². The Morgan fingerprint density at radius 1 is 0.969 bits per heavy atom. The highest BCUT2D eigenvalue weighted by Gasteiger charge is 2.43. The number of anilines is 1. The molecule has 1 fully saturated rings. The van der Waals surface area contributed by atoms with Gasteiger partial charge >= 0.3 is 0 Å². The number of carbonyl (C=O) groups excluding carboxylic acids is 2. The molecule has 0 radical (unpaired) electrons. The van der Waals surface area contributed by atoms with E-state index in [1.165, 1.54) is 0 Å². The summed E-state index contributed by atoms with van der Waals surface area (Å²) in [6.45, 7) is 5.90. The first kappa shape index (κ1) is 19.6. The summed E-state index contributed by atoms with van der Waals surface area (Å²) in [5, 5.41) is 15.9. The number of carbonyl (C=O) groups is 2. The van der Waals surface area contributed by atoms with Crippen LogP contribution >= 0.6 is 0 Å². The van der Waals surface area contributed by atoms with Crippen molar-refractivity contribution in [2.24, 2.45) is 5.92 Å². The van der Waals surface area contributed by atoms with Crippen molar-refractivity contribution >= 4 is 28.0 Å². The molecule has 2 N–H and O–H groups in total. The molecule has 3 aliphatic rings. The van der Waals surface area contributed by atoms with Crippen molar-refractivity contribution in [1.82, 2.24) is 0 Å². The van der Waals surface area contributed by atoms with Crippen LogP contribution < -0.4 is 5.32 Å². The van der Waals surface area contributed by atoms with Crippen LogP contribution in [0.4, 0.5) is 5.69 Å². The maximum Gasteiger partial charge on any atom is 0.196 e. The summed E-state index contributed by atoms with van der Waals surface area (Å²) in [7, 11) is 0. The van der Waals surface area contributed by atoms with Crippen LogP contribution in [0, 0.1) is 12.8 Å².